The van der Waals surface area contributed by atoms with Crippen molar-refractivity contribution in [3.05, 3.63) is 51.8 Å². The number of aliphatic hydroxyl groups excluding tert-OH is 1. The van der Waals surface area contributed by atoms with Crippen LogP contribution >= 0.6 is 23.2 Å². The molecule has 1 aromatic heterocycles. The molecule has 0 aliphatic rings. The minimum atomic E-state index is -1.00. The first-order chi connectivity index (χ1) is 11.5. The molecule has 2 aromatic rings. The van der Waals surface area contributed by atoms with Crippen LogP contribution in [0.1, 0.15) is 22.2 Å². The van der Waals surface area contributed by atoms with Gasteiger partial charge in [0.05, 0.1) is 19.2 Å². The van der Waals surface area contributed by atoms with Crippen LogP contribution in [0.2, 0.25) is 10.2 Å². The van der Waals surface area contributed by atoms with Gasteiger partial charge < -0.3 is 19.9 Å². The average molecular weight is 371 g/mol. The number of nitrogens with one attached hydrogen (secondary N) is 1. The molecule has 0 saturated carbocycles. The Morgan fingerprint density at radius 3 is 2.67 bits per heavy atom. The zero-order chi connectivity index (χ0) is 17.7. The first-order valence-corrected chi connectivity index (χ1v) is 7.72. The van der Waals surface area contributed by atoms with Crippen molar-refractivity contribution in [2.45, 2.75) is 6.10 Å². The fourth-order valence-corrected chi connectivity index (χ4v) is 2.40. The van der Waals surface area contributed by atoms with Gasteiger partial charge in [-0.15, -0.1) is 0 Å². The topological polar surface area (TPSA) is 80.7 Å². The molecule has 24 heavy (non-hydrogen) atoms. The number of methoxy groups -OCH3 is 2. The number of pyridine rings is 1. The van der Waals surface area contributed by atoms with Gasteiger partial charge in [0.25, 0.3) is 5.91 Å². The summed E-state index contributed by atoms with van der Waals surface area (Å²) in [4.78, 5) is 16.0. The molecule has 2 rings (SSSR count). The van der Waals surface area contributed by atoms with Crippen LogP contribution in [0.3, 0.4) is 0 Å². The summed E-state index contributed by atoms with van der Waals surface area (Å²) in [5.74, 6) is 0.510. The van der Waals surface area contributed by atoms with E-state index in [0.717, 1.165) is 0 Å². The van der Waals surface area contributed by atoms with E-state index < -0.39 is 12.0 Å². The number of aliphatic hydroxyl groups is 1. The van der Waals surface area contributed by atoms with Crippen molar-refractivity contribution in [3.63, 3.8) is 0 Å². The predicted octanol–water partition coefficient (Wildman–Crippen LogP) is 2.87. The molecule has 8 heteroatoms. The molecule has 0 fully saturated rings. The Morgan fingerprint density at radius 2 is 2.00 bits per heavy atom. The number of nitrogens with zero attached hydrogens (tertiary/aromatic N) is 1. The number of hydrogen-bond donors (Lipinski definition) is 2. The number of ether oxygens (including phenoxy) is 2. The van der Waals surface area contributed by atoms with Gasteiger partial charge in [-0.25, -0.2) is 4.98 Å². The Labute approximate surface area is 149 Å². The molecular formula is C16H16Cl2N2O4. The molecule has 1 aromatic carbocycles. The van der Waals surface area contributed by atoms with Gasteiger partial charge in [-0.3, -0.25) is 4.79 Å². The summed E-state index contributed by atoms with van der Waals surface area (Å²) < 4.78 is 10.3. The molecule has 0 spiro atoms. The largest absolute Gasteiger partial charge is 0.497 e. The monoisotopic (exact) mass is 370 g/mol. The van der Waals surface area contributed by atoms with Gasteiger partial charge in [-0.05, 0) is 30.3 Å². The second kappa shape index (κ2) is 8.19. The molecule has 1 atom stereocenters. The van der Waals surface area contributed by atoms with E-state index in [1.165, 1.54) is 26.4 Å². The van der Waals surface area contributed by atoms with Gasteiger partial charge in [-0.1, -0.05) is 23.2 Å². The zero-order valence-electron chi connectivity index (χ0n) is 13.0. The lowest BCUT2D eigenvalue weighted by molar-refractivity contribution is 0.0910. The minimum Gasteiger partial charge on any atom is -0.497 e. The molecule has 0 aliphatic carbocycles. The first-order valence-electron chi connectivity index (χ1n) is 6.96. The fraction of sp³-hybridized carbons (Fsp3) is 0.250. The van der Waals surface area contributed by atoms with Crippen molar-refractivity contribution in [1.29, 1.82) is 0 Å². The molecule has 2 N–H and O–H groups in total. The Morgan fingerprint density at radius 1 is 1.25 bits per heavy atom. The smallest absolute Gasteiger partial charge is 0.271 e. The highest BCUT2D eigenvalue weighted by Crippen LogP contribution is 2.29. The highest BCUT2D eigenvalue weighted by molar-refractivity contribution is 6.34. The summed E-state index contributed by atoms with van der Waals surface area (Å²) in [7, 11) is 3.01. The zero-order valence-corrected chi connectivity index (χ0v) is 14.6. The third-order valence-corrected chi connectivity index (χ3v) is 3.79. The van der Waals surface area contributed by atoms with Crippen molar-refractivity contribution < 1.29 is 19.4 Å². The Bertz CT molecular complexity index is 740. The molecule has 0 radical (unpaired) electrons. The Kier molecular flexibility index (Phi) is 6.25. The van der Waals surface area contributed by atoms with Crippen LogP contribution in [0, 0.1) is 0 Å². The number of carbonyl (C=O) groups is 1. The summed E-state index contributed by atoms with van der Waals surface area (Å²) in [6.45, 7) is -0.0626. The number of halogens is 2. The van der Waals surface area contributed by atoms with Crippen LogP contribution in [0.25, 0.3) is 0 Å². The van der Waals surface area contributed by atoms with E-state index in [0.29, 0.717) is 17.1 Å². The van der Waals surface area contributed by atoms with Crippen LogP contribution in [0.15, 0.2) is 30.3 Å². The van der Waals surface area contributed by atoms with Gasteiger partial charge in [0.2, 0.25) is 0 Å². The molecule has 128 valence electrons. The molecule has 6 nitrogen and oxygen atoms in total. The molecule has 0 aliphatic heterocycles. The summed E-state index contributed by atoms with van der Waals surface area (Å²) in [5, 5.41) is 13.2. The highest BCUT2D eigenvalue weighted by atomic mass is 35.5. The Hall–Kier alpha value is -2.02. The lowest BCUT2D eigenvalue weighted by atomic mass is 10.1. The summed E-state index contributed by atoms with van der Waals surface area (Å²) >= 11 is 11.7. The van der Waals surface area contributed by atoms with E-state index in [1.54, 1.807) is 18.2 Å². The molecule has 1 amide bonds. The van der Waals surface area contributed by atoms with Crippen LogP contribution < -0.4 is 14.8 Å². The maximum Gasteiger partial charge on any atom is 0.271 e. The van der Waals surface area contributed by atoms with Crippen LogP contribution in [-0.2, 0) is 0 Å². The summed E-state index contributed by atoms with van der Waals surface area (Å²) in [6, 6.07) is 7.99. The van der Waals surface area contributed by atoms with E-state index in [9.17, 15) is 9.90 Å². The van der Waals surface area contributed by atoms with Crippen LogP contribution in [0.4, 0.5) is 0 Å². The Balaban J connectivity index is 2.11. The maximum absolute atomic E-state index is 12.1. The quantitative estimate of drug-likeness (QED) is 0.764. The van der Waals surface area contributed by atoms with E-state index in [2.05, 4.69) is 10.3 Å². The van der Waals surface area contributed by atoms with Gasteiger partial charge in [0, 0.05) is 12.1 Å². The number of benzene rings is 1. The number of amides is 1. The molecule has 0 bridgehead atoms. The normalized spacial score (nSPS) is 11.7. The first kappa shape index (κ1) is 18.3. The maximum atomic E-state index is 12.1. The number of rotatable bonds is 6. The van der Waals surface area contributed by atoms with E-state index in [-0.39, 0.29) is 22.4 Å². The minimum absolute atomic E-state index is 0.00558. The molecule has 1 heterocycles. The summed E-state index contributed by atoms with van der Waals surface area (Å²) in [6.07, 6.45) is -1.00. The number of hydrogen-bond acceptors (Lipinski definition) is 5. The van der Waals surface area contributed by atoms with Crippen molar-refractivity contribution in [1.82, 2.24) is 10.3 Å². The van der Waals surface area contributed by atoms with E-state index in [4.69, 9.17) is 32.7 Å². The number of aromatic nitrogens is 1. The van der Waals surface area contributed by atoms with Crippen molar-refractivity contribution in [2.24, 2.45) is 0 Å². The van der Waals surface area contributed by atoms with Gasteiger partial charge in [-0.2, -0.15) is 0 Å². The highest BCUT2D eigenvalue weighted by Gasteiger charge is 2.18. The van der Waals surface area contributed by atoms with Crippen molar-refractivity contribution >= 4 is 29.1 Å². The second-order valence-electron chi connectivity index (χ2n) is 4.80. The summed E-state index contributed by atoms with van der Waals surface area (Å²) in [5.41, 5.74) is 0.483. The van der Waals surface area contributed by atoms with Gasteiger partial charge in [0.1, 0.15) is 28.5 Å². The predicted molar refractivity (Wildman–Crippen MR) is 91.1 cm³/mol. The number of carbonyl (C=O) groups excluding carboxylic acids is 1. The SMILES string of the molecule is COc1ccc(OC)c(C(O)CNC(=O)c2nc(Cl)ccc2Cl)c1. The van der Waals surface area contributed by atoms with Crippen molar-refractivity contribution in [3.8, 4) is 11.5 Å². The standard InChI is InChI=1S/C16H16Cl2N2O4/c1-23-9-3-5-13(24-2)10(7-9)12(21)8-19-16(22)15-11(17)4-6-14(18)20-15/h3-7,12,21H,8H2,1-2H3,(H,19,22). The van der Waals surface area contributed by atoms with Crippen LogP contribution in [0.5, 0.6) is 11.5 Å². The van der Waals surface area contributed by atoms with Gasteiger partial charge in [0.15, 0.2) is 0 Å². The lowest BCUT2D eigenvalue weighted by Crippen LogP contribution is -2.29. The molecule has 1 unspecified atom stereocenters. The fourth-order valence-electron chi connectivity index (χ4n) is 2.06. The van der Waals surface area contributed by atoms with E-state index in [1.807, 2.05) is 0 Å². The van der Waals surface area contributed by atoms with Gasteiger partial charge >= 0.3 is 0 Å². The molecule has 0 saturated heterocycles. The van der Waals surface area contributed by atoms with Crippen molar-refractivity contribution in [2.75, 3.05) is 20.8 Å². The van der Waals surface area contributed by atoms with E-state index >= 15 is 0 Å². The average Bonchev–Trinajstić information content (AvgIpc) is 2.60. The second-order valence-corrected chi connectivity index (χ2v) is 5.59. The van der Waals surface area contributed by atoms with Crippen LogP contribution in [-0.4, -0.2) is 36.8 Å². The lowest BCUT2D eigenvalue weighted by Gasteiger charge is -2.16. The third-order valence-electron chi connectivity index (χ3n) is 3.28. The third kappa shape index (κ3) is 4.29. The molecular weight excluding hydrogens is 355 g/mol.